The summed E-state index contributed by atoms with van der Waals surface area (Å²) in [4.78, 5) is 14.1. The first-order valence-electron chi connectivity index (χ1n) is 7.00. The van der Waals surface area contributed by atoms with Crippen molar-refractivity contribution in [1.82, 2.24) is 0 Å². The van der Waals surface area contributed by atoms with Crippen LogP contribution in [0.4, 0.5) is 10.1 Å². The molecule has 2 aromatic carbocycles. The van der Waals surface area contributed by atoms with Crippen molar-refractivity contribution in [3.05, 3.63) is 76.7 Å². The number of hydrogen-bond donors (Lipinski definition) is 0. The number of rotatable bonds is 5. The number of ketones is 1. The molecule has 0 atom stereocenters. The summed E-state index contributed by atoms with van der Waals surface area (Å²) >= 11 is 3.18. The third kappa shape index (κ3) is 4.04. The van der Waals surface area contributed by atoms with E-state index in [-0.39, 0.29) is 17.4 Å². The van der Waals surface area contributed by atoms with Gasteiger partial charge in [-0.2, -0.15) is 0 Å². The van der Waals surface area contributed by atoms with Gasteiger partial charge in [-0.1, -0.05) is 34.1 Å². The van der Waals surface area contributed by atoms with E-state index < -0.39 is 5.82 Å². The van der Waals surface area contributed by atoms with Crippen LogP contribution in [0.5, 0.6) is 0 Å². The Morgan fingerprint density at radius 3 is 2.45 bits per heavy atom. The zero-order chi connectivity index (χ0) is 16.1. The Hall–Kier alpha value is -1.94. The van der Waals surface area contributed by atoms with Crippen LogP contribution in [-0.4, -0.2) is 11.8 Å². The number of hydrogen-bond acceptors (Lipinski definition) is 2. The topological polar surface area (TPSA) is 20.3 Å². The second-order valence-electron chi connectivity index (χ2n) is 5.14. The molecule has 4 heteroatoms. The highest BCUT2D eigenvalue weighted by molar-refractivity contribution is 9.10. The largest absolute Gasteiger partial charge is 0.345 e. The molecule has 0 radical (unpaired) electrons. The van der Waals surface area contributed by atoms with Crippen LogP contribution in [0.25, 0.3) is 0 Å². The summed E-state index contributed by atoms with van der Waals surface area (Å²) in [5.41, 5.74) is 1.05. The Bertz CT molecular complexity index is 683. The van der Waals surface area contributed by atoms with Gasteiger partial charge in [0.15, 0.2) is 5.78 Å². The van der Waals surface area contributed by atoms with E-state index in [1.807, 2.05) is 49.1 Å². The van der Waals surface area contributed by atoms with Gasteiger partial charge in [-0.05, 0) is 44.2 Å². The zero-order valence-corrected chi connectivity index (χ0v) is 14.0. The molecule has 2 aromatic rings. The van der Waals surface area contributed by atoms with Crippen molar-refractivity contribution >= 4 is 27.4 Å². The summed E-state index contributed by atoms with van der Waals surface area (Å²) in [5.74, 6) is -0.883. The highest BCUT2D eigenvalue weighted by Crippen LogP contribution is 2.19. The van der Waals surface area contributed by atoms with Crippen LogP contribution in [0.2, 0.25) is 0 Å². The van der Waals surface area contributed by atoms with Crippen molar-refractivity contribution in [2.45, 2.75) is 19.9 Å². The summed E-state index contributed by atoms with van der Waals surface area (Å²) < 4.78 is 14.4. The Balaban J connectivity index is 2.23. The average Bonchev–Trinajstić information content (AvgIpc) is 2.48. The quantitative estimate of drug-likeness (QED) is 0.538. The van der Waals surface area contributed by atoms with Crippen LogP contribution in [0, 0.1) is 5.82 Å². The average molecular weight is 362 g/mol. The molecule has 22 heavy (non-hydrogen) atoms. The molecule has 0 aromatic heterocycles. The smallest absolute Gasteiger partial charge is 0.190 e. The molecule has 0 saturated carbocycles. The molecular formula is C18H17BrFNO. The van der Waals surface area contributed by atoms with E-state index in [1.165, 1.54) is 18.2 Å². The highest BCUT2D eigenvalue weighted by atomic mass is 79.9. The maximum Gasteiger partial charge on any atom is 0.190 e. The van der Waals surface area contributed by atoms with Crippen LogP contribution in [0.1, 0.15) is 24.2 Å². The number of halogens is 2. The third-order valence-electron chi connectivity index (χ3n) is 3.19. The summed E-state index contributed by atoms with van der Waals surface area (Å²) in [6.45, 7) is 4.06. The molecule has 0 heterocycles. The van der Waals surface area contributed by atoms with E-state index in [1.54, 1.807) is 12.3 Å². The molecule has 0 spiro atoms. The van der Waals surface area contributed by atoms with Gasteiger partial charge in [0.05, 0.1) is 5.56 Å². The minimum Gasteiger partial charge on any atom is -0.345 e. The minimum absolute atomic E-state index is 0.0659. The molecule has 114 valence electrons. The Morgan fingerprint density at radius 1 is 1.18 bits per heavy atom. The van der Waals surface area contributed by atoms with Gasteiger partial charge >= 0.3 is 0 Å². The summed E-state index contributed by atoms with van der Waals surface area (Å²) in [5, 5.41) is 0. The lowest BCUT2D eigenvalue weighted by atomic mass is 10.1. The number of para-hydroxylation sites is 1. The van der Waals surface area contributed by atoms with Crippen molar-refractivity contribution in [3.63, 3.8) is 0 Å². The molecule has 0 aliphatic carbocycles. The number of allylic oxidation sites excluding steroid dienone is 1. The van der Waals surface area contributed by atoms with Gasteiger partial charge in [-0.15, -0.1) is 0 Å². The lowest BCUT2D eigenvalue weighted by Crippen LogP contribution is -2.24. The normalized spacial score (nSPS) is 11.1. The molecule has 0 fully saturated rings. The van der Waals surface area contributed by atoms with Gasteiger partial charge in [0.25, 0.3) is 0 Å². The first-order chi connectivity index (χ1) is 10.5. The molecule has 0 aliphatic heterocycles. The number of carbonyl (C=O) groups excluding carboxylic acids is 1. The maximum absolute atomic E-state index is 13.8. The lowest BCUT2D eigenvalue weighted by Gasteiger charge is -2.24. The van der Waals surface area contributed by atoms with E-state index in [0.717, 1.165) is 5.69 Å². The van der Waals surface area contributed by atoms with Crippen molar-refractivity contribution in [2.75, 3.05) is 4.90 Å². The Kier molecular flexibility index (Phi) is 5.50. The van der Waals surface area contributed by atoms with Crippen molar-refractivity contribution < 1.29 is 9.18 Å². The van der Waals surface area contributed by atoms with Crippen LogP contribution in [-0.2, 0) is 0 Å². The molecule has 2 nitrogen and oxygen atoms in total. The number of carbonyl (C=O) groups is 1. The second kappa shape index (κ2) is 7.36. The molecule has 0 amide bonds. The number of anilines is 1. The van der Waals surface area contributed by atoms with Crippen molar-refractivity contribution in [3.8, 4) is 0 Å². The lowest BCUT2D eigenvalue weighted by molar-refractivity contribution is 0.104. The van der Waals surface area contributed by atoms with Crippen LogP contribution >= 0.6 is 15.9 Å². The van der Waals surface area contributed by atoms with E-state index >= 15 is 0 Å². The highest BCUT2D eigenvalue weighted by Gasteiger charge is 2.11. The third-order valence-corrected chi connectivity index (χ3v) is 3.69. The summed E-state index contributed by atoms with van der Waals surface area (Å²) in [6.07, 6.45) is 3.10. The van der Waals surface area contributed by atoms with E-state index in [2.05, 4.69) is 15.9 Å². The van der Waals surface area contributed by atoms with Gasteiger partial charge in [-0.25, -0.2) is 4.39 Å². The number of nitrogens with zero attached hydrogens (tertiary/aromatic N) is 1. The van der Waals surface area contributed by atoms with E-state index in [9.17, 15) is 9.18 Å². The van der Waals surface area contributed by atoms with Gasteiger partial charge < -0.3 is 4.90 Å². The predicted molar refractivity (Wildman–Crippen MR) is 91.6 cm³/mol. The van der Waals surface area contributed by atoms with Crippen molar-refractivity contribution in [2.24, 2.45) is 0 Å². The van der Waals surface area contributed by atoms with Gasteiger partial charge in [-0.3, -0.25) is 4.79 Å². The molecule has 0 unspecified atom stereocenters. The SMILES string of the molecule is CC(C)N(C=CC(=O)c1ccc(Br)cc1F)c1ccccc1. The Labute approximate surface area is 138 Å². The summed E-state index contributed by atoms with van der Waals surface area (Å²) in [7, 11) is 0. The Morgan fingerprint density at radius 2 is 1.86 bits per heavy atom. The van der Waals surface area contributed by atoms with Crippen LogP contribution < -0.4 is 4.90 Å². The maximum atomic E-state index is 13.8. The molecule has 2 rings (SSSR count). The predicted octanol–water partition coefficient (Wildman–Crippen LogP) is 5.20. The fourth-order valence-corrected chi connectivity index (χ4v) is 2.42. The first kappa shape index (κ1) is 16.4. The first-order valence-corrected chi connectivity index (χ1v) is 7.79. The fourth-order valence-electron chi connectivity index (χ4n) is 2.08. The number of benzene rings is 2. The molecular weight excluding hydrogens is 345 g/mol. The van der Waals surface area contributed by atoms with E-state index in [0.29, 0.717) is 4.47 Å². The summed E-state index contributed by atoms with van der Waals surface area (Å²) in [6, 6.07) is 14.4. The molecule has 0 saturated heterocycles. The van der Waals surface area contributed by atoms with Gasteiger partial charge in [0, 0.05) is 28.5 Å². The van der Waals surface area contributed by atoms with Crippen molar-refractivity contribution in [1.29, 1.82) is 0 Å². The monoisotopic (exact) mass is 361 g/mol. The zero-order valence-electron chi connectivity index (χ0n) is 12.5. The van der Waals surface area contributed by atoms with Gasteiger partial charge in [0.2, 0.25) is 0 Å². The molecule has 0 N–H and O–H groups in total. The fraction of sp³-hybridized carbons (Fsp3) is 0.167. The second-order valence-corrected chi connectivity index (χ2v) is 6.06. The van der Waals surface area contributed by atoms with E-state index in [4.69, 9.17) is 0 Å². The molecule has 0 bridgehead atoms. The van der Waals surface area contributed by atoms with Crippen LogP contribution in [0.15, 0.2) is 65.3 Å². The van der Waals surface area contributed by atoms with Crippen LogP contribution in [0.3, 0.4) is 0 Å². The standard InChI is InChI=1S/C18H17BrFNO/c1-13(2)21(15-6-4-3-5-7-15)11-10-18(22)16-9-8-14(19)12-17(16)20/h3-13H,1-2H3. The molecule has 0 aliphatic rings. The van der Waals surface area contributed by atoms with Gasteiger partial charge in [0.1, 0.15) is 5.82 Å². The minimum atomic E-state index is -0.528.